The van der Waals surface area contributed by atoms with E-state index in [0.717, 1.165) is 22.8 Å². The zero-order valence-electron chi connectivity index (χ0n) is 17.1. The van der Waals surface area contributed by atoms with Gasteiger partial charge in [0, 0.05) is 11.1 Å². The fraction of sp³-hybridized carbons (Fsp3) is 0.417. The Morgan fingerprint density at radius 2 is 1.54 bits per heavy atom. The number of ether oxygens (including phenoxy) is 1. The minimum Gasteiger partial charge on any atom is -0.459 e. The van der Waals surface area contributed by atoms with E-state index in [0.29, 0.717) is 17.5 Å². The normalized spacial score (nSPS) is 13.6. The highest BCUT2D eigenvalue weighted by Gasteiger charge is 2.38. The predicted molar refractivity (Wildman–Crippen MR) is 122 cm³/mol. The Bertz CT molecular complexity index is 808. The summed E-state index contributed by atoms with van der Waals surface area (Å²) < 4.78 is 6.80. The van der Waals surface area contributed by atoms with E-state index < -0.39 is 11.0 Å². The van der Waals surface area contributed by atoms with Gasteiger partial charge < -0.3 is 4.74 Å². The lowest BCUT2D eigenvalue weighted by molar-refractivity contribution is -0.162. The van der Waals surface area contributed by atoms with Crippen LogP contribution in [0.5, 0.6) is 0 Å². The van der Waals surface area contributed by atoms with Crippen LogP contribution in [-0.2, 0) is 14.9 Å². The third kappa shape index (κ3) is 5.90. The van der Waals surface area contributed by atoms with Crippen LogP contribution in [0.1, 0.15) is 68.4 Å². The highest BCUT2D eigenvalue weighted by molar-refractivity contribution is 14.1. The van der Waals surface area contributed by atoms with Crippen LogP contribution in [0.2, 0.25) is 0 Å². The fourth-order valence-electron chi connectivity index (χ4n) is 3.09. The van der Waals surface area contributed by atoms with Crippen molar-refractivity contribution in [2.45, 2.75) is 58.0 Å². The van der Waals surface area contributed by atoms with Crippen LogP contribution in [0, 0.1) is 0 Å². The first-order chi connectivity index (χ1) is 13.2. The topological polar surface area (TPSA) is 43.4 Å². The third-order valence-electron chi connectivity index (χ3n) is 4.71. The van der Waals surface area contributed by atoms with Gasteiger partial charge in [0.1, 0.15) is 5.60 Å². The Kier molecular flexibility index (Phi) is 7.81. The Balaban J connectivity index is 2.40. The zero-order chi connectivity index (χ0) is 20.8. The van der Waals surface area contributed by atoms with E-state index in [2.05, 4.69) is 22.6 Å². The van der Waals surface area contributed by atoms with Gasteiger partial charge in [-0.05, 0) is 56.6 Å². The van der Waals surface area contributed by atoms with Gasteiger partial charge in [0.25, 0.3) is 0 Å². The van der Waals surface area contributed by atoms with Gasteiger partial charge >= 0.3 is 5.97 Å². The summed E-state index contributed by atoms with van der Waals surface area (Å²) in [5, 5.41) is 0. The summed E-state index contributed by atoms with van der Waals surface area (Å²) in [7, 11) is 0. The van der Waals surface area contributed by atoms with Crippen molar-refractivity contribution in [2.75, 3.05) is 4.43 Å². The minimum atomic E-state index is -0.786. The van der Waals surface area contributed by atoms with Crippen LogP contribution >= 0.6 is 22.6 Å². The van der Waals surface area contributed by atoms with Crippen molar-refractivity contribution in [1.29, 1.82) is 0 Å². The van der Waals surface area contributed by atoms with Crippen LogP contribution in [-0.4, -0.2) is 21.8 Å². The van der Waals surface area contributed by atoms with Gasteiger partial charge in [-0.1, -0.05) is 77.5 Å². The maximum atomic E-state index is 13.1. The average molecular weight is 492 g/mol. The van der Waals surface area contributed by atoms with Crippen LogP contribution in [0.25, 0.3) is 0 Å². The monoisotopic (exact) mass is 492 g/mol. The Morgan fingerprint density at radius 3 is 2.14 bits per heavy atom. The molecule has 0 aliphatic rings. The number of hydrogen-bond acceptors (Lipinski definition) is 3. The molecule has 0 amide bonds. The van der Waals surface area contributed by atoms with E-state index in [4.69, 9.17) is 4.74 Å². The standard InChI is InChI=1S/C24H29IO3/c1-23(2,3)28-22(27)24(4,15-8-9-16-25)20-14-10-13-19(17-20)21(26)18-11-6-5-7-12-18/h5-7,10-14,17H,8-9,15-16H2,1-4H3. The zero-order valence-corrected chi connectivity index (χ0v) is 19.3. The first-order valence-corrected chi connectivity index (χ1v) is 11.2. The molecule has 0 saturated heterocycles. The fourth-order valence-corrected chi connectivity index (χ4v) is 3.63. The molecule has 28 heavy (non-hydrogen) atoms. The summed E-state index contributed by atoms with van der Waals surface area (Å²) in [6.45, 7) is 7.57. The molecule has 0 saturated carbocycles. The molecule has 4 heteroatoms. The van der Waals surface area contributed by atoms with Gasteiger partial charge in [0.15, 0.2) is 5.78 Å². The number of rotatable bonds is 8. The molecule has 3 nitrogen and oxygen atoms in total. The second-order valence-corrected chi connectivity index (χ2v) is 9.33. The molecule has 0 fully saturated rings. The van der Waals surface area contributed by atoms with Gasteiger partial charge in [0.05, 0.1) is 5.41 Å². The molecule has 2 aromatic carbocycles. The molecule has 0 aromatic heterocycles. The van der Waals surface area contributed by atoms with E-state index in [1.165, 1.54) is 0 Å². The van der Waals surface area contributed by atoms with E-state index in [1.54, 1.807) is 6.07 Å². The van der Waals surface area contributed by atoms with E-state index in [9.17, 15) is 9.59 Å². The molecule has 0 spiro atoms. The Labute approximate surface area is 182 Å². The molecule has 0 heterocycles. The second kappa shape index (κ2) is 9.68. The highest BCUT2D eigenvalue weighted by atomic mass is 127. The highest BCUT2D eigenvalue weighted by Crippen LogP contribution is 2.34. The maximum absolute atomic E-state index is 13.1. The number of unbranched alkanes of at least 4 members (excludes halogenated alkanes) is 1. The van der Waals surface area contributed by atoms with E-state index >= 15 is 0 Å². The number of halogens is 1. The van der Waals surface area contributed by atoms with Gasteiger partial charge in [0.2, 0.25) is 0 Å². The molecule has 150 valence electrons. The molecule has 0 bridgehead atoms. The van der Waals surface area contributed by atoms with Crippen molar-refractivity contribution in [2.24, 2.45) is 0 Å². The third-order valence-corrected chi connectivity index (χ3v) is 5.47. The number of hydrogen-bond donors (Lipinski definition) is 0. The van der Waals surface area contributed by atoms with Gasteiger partial charge in [-0.15, -0.1) is 0 Å². The number of esters is 1. The van der Waals surface area contributed by atoms with E-state index in [1.807, 2.05) is 76.2 Å². The summed E-state index contributed by atoms with van der Waals surface area (Å²) in [4.78, 5) is 26.0. The summed E-state index contributed by atoms with van der Waals surface area (Å²) in [6.07, 6.45) is 2.66. The maximum Gasteiger partial charge on any atom is 0.316 e. The van der Waals surface area contributed by atoms with Crippen LogP contribution in [0.4, 0.5) is 0 Å². The van der Waals surface area contributed by atoms with Crippen LogP contribution in [0.3, 0.4) is 0 Å². The molecule has 2 rings (SSSR count). The number of alkyl halides is 1. The van der Waals surface area contributed by atoms with E-state index in [-0.39, 0.29) is 11.8 Å². The summed E-state index contributed by atoms with van der Waals surface area (Å²) >= 11 is 2.35. The Hall–Kier alpha value is -1.69. The van der Waals surface area contributed by atoms with Gasteiger partial charge in [-0.2, -0.15) is 0 Å². The lowest BCUT2D eigenvalue weighted by Gasteiger charge is -2.32. The molecule has 2 aromatic rings. The SMILES string of the molecule is CC(C)(C)OC(=O)C(C)(CCCCI)c1cccc(C(=O)c2ccccc2)c1. The number of carbonyl (C=O) groups excluding carboxylic acids is 2. The lowest BCUT2D eigenvalue weighted by Crippen LogP contribution is -2.39. The molecule has 0 aliphatic carbocycles. The minimum absolute atomic E-state index is 0.0405. The molecule has 0 radical (unpaired) electrons. The number of carbonyl (C=O) groups is 2. The summed E-state index contributed by atoms with van der Waals surface area (Å²) in [6, 6.07) is 16.6. The first kappa shape index (κ1) is 22.6. The molecular formula is C24H29IO3. The largest absolute Gasteiger partial charge is 0.459 e. The molecular weight excluding hydrogens is 463 g/mol. The number of benzene rings is 2. The second-order valence-electron chi connectivity index (χ2n) is 8.26. The lowest BCUT2D eigenvalue weighted by atomic mass is 9.77. The van der Waals surface area contributed by atoms with Crippen molar-refractivity contribution in [3.8, 4) is 0 Å². The molecule has 0 N–H and O–H groups in total. The summed E-state index contributed by atoms with van der Waals surface area (Å²) in [5.41, 5.74) is 0.721. The van der Waals surface area contributed by atoms with Crippen molar-refractivity contribution in [3.63, 3.8) is 0 Å². The van der Waals surface area contributed by atoms with Gasteiger partial charge in [-0.3, -0.25) is 9.59 Å². The van der Waals surface area contributed by atoms with Crippen LogP contribution in [0.15, 0.2) is 54.6 Å². The average Bonchev–Trinajstić information content (AvgIpc) is 2.67. The smallest absolute Gasteiger partial charge is 0.316 e. The van der Waals surface area contributed by atoms with Gasteiger partial charge in [-0.25, -0.2) is 0 Å². The van der Waals surface area contributed by atoms with Crippen LogP contribution < -0.4 is 0 Å². The number of ketones is 1. The van der Waals surface area contributed by atoms with Crippen molar-refractivity contribution in [1.82, 2.24) is 0 Å². The molecule has 1 unspecified atom stereocenters. The predicted octanol–water partition coefficient (Wildman–Crippen LogP) is 6.12. The first-order valence-electron chi connectivity index (χ1n) is 9.67. The molecule has 0 aliphatic heterocycles. The van der Waals surface area contributed by atoms with Crippen molar-refractivity contribution >= 4 is 34.3 Å². The Morgan fingerprint density at radius 1 is 0.893 bits per heavy atom. The van der Waals surface area contributed by atoms with Crippen molar-refractivity contribution < 1.29 is 14.3 Å². The van der Waals surface area contributed by atoms with Crippen molar-refractivity contribution in [3.05, 3.63) is 71.3 Å². The quantitative estimate of drug-likeness (QED) is 0.147. The summed E-state index contributed by atoms with van der Waals surface area (Å²) in [5.74, 6) is -0.279. The molecule has 1 atom stereocenters.